The minimum Gasteiger partial charge on any atom is -0.424 e. The normalized spacial score (nSPS) is 25.8. The predicted octanol–water partition coefficient (Wildman–Crippen LogP) is 0.368. The highest BCUT2D eigenvalue weighted by molar-refractivity contribution is 4.88. The Bertz CT molecular complexity index is 380. The number of hydrogen-bond donors (Lipinski definition) is 2. The lowest BCUT2D eigenvalue weighted by Crippen LogP contribution is -2.44. The number of nitrogens with zero attached hydrogens (tertiary/aromatic N) is 3. The maximum Gasteiger partial charge on any atom is 0.230 e. The second-order valence-corrected chi connectivity index (χ2v) is 5.22. The zero-order chi connectivity index (χ0) is 13.1. The first kappa shape index (κ1) is 13.5. The average molecular weight is 255 g/mol. The first-order chi connectivity index (χ1) is 8.60. The van der Waals surface area contributed by atoms with Crippen LogP contribution < -0.4 is 0 Å². The number of likely N-dealkylation sites (tertiary alicyclic amines) is 1. The van der Waals surface area contributed by atoms with E-state index in [9.17, 15) is 5.11 Å². The van der Waals surface area contributed by atoms with Crippen LogP contribution in [-0.2, 0) is 6.54 Å². The van der Waals surface area contributed by atoms with Crippen LogP contribution >= 0.6 is 0 Å². The Labute approximate surface area is 107 Å². The average Bonchev–Trinajstić information content (AvgIpc) is 2.78. The lowest BCUT2D eigenvalue weighted by atomic mass is 9.95. The molecule has 0 aliphatic carbocycles. The summed E-state index contributed by atoms with van der Waals surface area (Å²) in [5.41, 5.74) is 0. The number of aliphatic hydroxyl groups excluding tert-OH is 2. The summed E-state index contributed by atoms with van der Waals surface area (Å²) in [6.45, 7) is 6.01. The third kappa shape index (κ3) is 3.07. The van der Waals surface area contributed by atoms with Crippen LogP contribution in [0, 0.1) is 5.92 Å². The van der Waals surface area contributed by atoms with Gasteiger partial charge in [0.25, 0.3) is 0 Å². The van der Waals surface area contributed by atoms with Crippen LogP contribution in [-0.4, -0.2) is 51.1 Å². The Morgan fingerprint density at radius 1 is 1.44 bits per heavy atom. The van der Waals surface area contributed by atoms with Gasteiger partial charge in [-0.25, -0.2) is 0 Å². The van der Waals surface area contributed by atoms with Crippen molar-refractivity contribution >= 4 is 0 Å². The molecule has 0 aromatic carbocycles. The van der Waals surface area contributed by atoms with E-state index in [4.69, 9.17) is 9.52 Å². The molecule has 2 N–H and O–H groups in total. The number of aliphatic hydroxyl groups is 2. The van der Waals surface area contributed by atoms with Gasteiger partial charge in [0.05, 0.1) is 12.6 Å². The Morgan fingerprint density at radius 3 is 2.78 bits per heavy atom. The van der Waals surface area contributed by atoms with Crippen LogP contribution in [0.4, 0.5) is 0 Å². The second kappa shape index (κ2) is 5.77. The fourth-order valence-corrected chi connectivity index (χ4v) is 2.16. The van der Waals surface area contributed by atoms with Crippen molar-refractivity contribution in [3.63, 3.8) is 0 Å². The molecule has 18 heavy (non-hydrogen) atoms. The van der Waals surface area contributed by atoms with Crippen LogP contribution in [0.2, 0.25) is 0 Å². The van der Waals surface area contributed by atoms with E-state index in [1.807, 2.05) is 13.8 Å². The van der Waals surface area contributed by atoms with Crippen molar-refractivity contribution in [2.45, 2.75) is 38.8 Å². The second-order valence-electron chi connectivity index (χ2n) is 5.22. The van der Waals surface area contributed by atoms with Crippen LogP contribution in [0.25, 0.3) is 0 Å². The van der Waals surface area contributed by atoms with Crippen LogP contribution in [0.3, 0.4) is 0 Å². The molecule has 6 nitrogen and oxygen atoms in total. The Balaban J connectivity index is 1.90. The van der Waals surface area contributed by atoms with Crippen LogP contribution in [0.5, 0.6) is 0 Å². The molecular weight excluding hydrogens is 234 g/mol. The number of β-amino-alcohol motifs (C(OH)–C–C–N with tert-alkyl or cyclic N) is 1. The predicted molar refractivity (Wildman–Crippen MR) is 64.9 cm³/mol. The Kier molecular flexibility index (Phi) is 4.31. The van der Waals surface area contributed by atoms with Gasteiger partial charge in [0.1, 0.15) is 0 Å². The lowest BCUT2D eigenvalue weighted by Gasteiger charge is -2.34. The molecule has 1 aliphatic rings. The zero-order valence-electron chi connectivity index (χ0n) is 10.9. The standard InChI is InChI=1S/C12H21N3O3/c1-8(2)12-14-13-11(18-12)6-15-4-3-9(7-16)10(17)5-15/h8-10,16-17H,3-7H2,1-2H3/t9-,10+/m1/s1. The summed E-state index contributed by atoms with van der Waals surface area (Å²) >= 11 is 0. The SMILES string of the molecule is CC(C)c1nnc(CN2CC[C@H](CO)[C@@H](O)C2)o1. The van der Waals surface area contributed by atoms with Crippen molar-refractivity contribution in [3.05, 3.63) is 11.8 Å². The summed E-state index contributed by atoms with van der Waals surface area (Å²) in [7, 11) is 0. The number of aromatic nitrogens is 2. The van der Waals surface area contributed by atoms with Gasteiger partial charge in [-0.1, -0.05) is 13.8 Å². The minimum absolute atomic E-state index is 0.00448. The first-order valence-corrected chi connectivity index (χ1v) is 6.43. The molecule has 1 aliphatic heterocycles. The van der Waals surface area contributed by atoms with Crippen molar-refractivity contribution in [2.75, 3.05) is 19.7 Å². The number of rotatable bonds is 4. The molecule has 2 atom stereocenters. The third-order valence-corrected chi connectivity index (χ3v) is 3.38. The van der Waals surface area contributed by atoms with Crippen LogP contribution in [0.1, 0.15) is 38.0 Å². The van der Waals surface area contributed by atoms with Gasteiger partial charge in [0.2, 0.25) is 11.8 Å². The smallest absolute Gasteiger partial charge is 0.230 e. The van der Waals surface area contributed by atoms with E-state index >= 15 is 0 Å². The molecule has 0 radical (unpaired) electrons. The van der Waals surface area contributed by atoms with Crippen LogP contribution in [0.15, 0.2) is 4.42 Å². The van der Waals surface area contributed by atoms with E-state index in [1.54, 1.807) is 0 Å². The van der Waals surface area contributed by atoms with Gasteiger partial charge >= 0.3 is 0 Å². The summed E-state index contributed by atoms with van der Waals surface area (Å²) in [4.78, 5) is 2.08. The molecule has 6 heteroatoms. The highest BCUT2D eigenvalue weighted by Gasteiger charge is 2.27. The van der Waals surface area contributed by atoms with E-state index in [-0.39, 0.29) is 18.4 Å². The fraction of sp³-hybridized carbons (Fsp3) is 0.833. The van der Waals surface area contributed by atoms with Crippen molar-refractivity contribution in [1.82, 2.24) is 15.1 Å². The molecule has 1 fully saturated rings. The molecule has 102 valence electrons. The molecule has 1 aromatic heterocycles. The topological polar surface area (TPSA) is 82.6 Å². The Morgan fingerprint density at radius 2 is 2.22 bits per heavy atom. The van der Waals surface area contributed by atoms with Gasteiger partial charge in [-0.15, -0.1) is 10.2 Å². The largest absolute Gasteiger partial charge is 0.424 e. The maximum atomic E-state index is 9.84. The molecule has 0 bridgehead atoms. The fourth-order valence-electron chi connectivity index (χ4n) is 2.16. The Hall–Kier alpha value is -0.980. The highest BCUT2D eigenvalue weighted by atomic mass is 16.4. The summed E-state index contributed by atoms with van der Waals surface area (Å²) in [6.07, 6.45) is 0.319. The van der Waals surface area contributed by atoms with Gasteiger partial charge in [-0.2, -0.15) is 0 Å². The molecule has 0 spiro atoms. The van der Waals surface area contributed by atoms with E-state index in [0.29, 0.717) is 24.9 Å². The monoisotopic (exact) mass is 255 g/mol. The van der Waals surface area contributed by atoms with Gasteiger partial charge in [-0.05, 0) is 13.0 Å². The summed E-state index contributed by atoms with van der Waals surface area (Å²) in [6, 6.07) is 0. The molecule has 2 heterocycles. The van der Waals surface area contributed by atoms with Gasteiger partial charge < -0.3 is 14.6 Å². The zero-order valence-corrected chi connectivity index (χ0v) is 10.9. The van der Waals surface area contributed by atoms with Crippen molar-refractivity contribution in [2.24, 2.45) is 5.92 Å². The van der Waals surface area contributed by atoms with Crippen molar-refractivity contribution < 1.29 is 14.6 Å². The van der Waals surface area contributed by atoms with E-state index in [1.165, 1.54) is 0 Å². The molecule has 0 amide bonds. The molecule has 2 rings (SSSR count). The van der Waals surface area contributed by atoms with Crippen molar-refractivity contribution in [3.8, 4) is 0 Å². The van der Waals surface area contributed by atoms with Gasteiger partial charge in [-0.3, -0.25) is 4.90 Å². The molecular formula is C12H21N3O3. The third-order valence-electron chi connectivity index (χ3n) is 3.38. The van der Waals surface area contributed by atoms with E-state index < -0.39 is 6.10 Å². The molecule has 0 unspecified atom stereocenters. The lowest BCUT2D eigenvalue weighted by molar-refractivity contribution is -0.00680. The molecule has 1 saturated heterocycles. The summed E-state index contributed by atoms with van der Waals surface area (Å²) in [5.74, 6) is 1.47. The maximum absolute atomic E-state index is 9.84. The molecule has 0 saturated carbocycles. The quantitative estimate of drug-likeness (QED) is 0.808. The van der Waals surface area contributed by atoms with E-state index in [0.717, 1.165) is 13.0 Å². The first-order valence-electron chi connectivity index (χ1n) is 6.43. The highest BCUT2D eigenvalue weighted by Crippen LogP contribution is 2.19. The number of hydrogen-bond acceptors (Lipinski definition) is 6. The minimum atomic E-state index is -0.476. The van der Waals surface area contributed by atoms with Crippen molar-refractivity contribution in [1.29, 1.82) is 0 Å². The summed E-state index contributed by atoms with van der Waals surface area (Å²) in [5, 5.41) is 26.9. The number of piperidine rings is 1. The summed E-state index contributed by atoms with van der Waals surface area (Å²) < 4.78 is 5.54. The van der Waals surface area contributed by atoms with E-state index in [2.05, 4.69) is 15.1 Å². The van der Waals surface area contributed by atoms with Gasteiger partial charge in [0.15, 0.2) is 0 Å². The van der Waals surface area contributed by atoms with Gasteiger partial charge in [0, 0.05) is 25.0 Å². The molecule has 1 aromatic rings.